The second-order valence-electron chi connectivity index (χ2n) is 6.14. The molecule has 0 bridgehead atoms. The summed E-state index contributed by atoms with van der Waals surface area (Å²) in [5.74, 6) is 0.964. The first-order chi connectivity index (χ1) is 12.6. The molecule has 3 rings (SSSR count). The van der Waals surface area contributed by atoms with Crippen molar-refractivity contribution in [3.63, 3.8) is 0 Å². The van der Waals surface area contributed by atoms with Gasteiger partial charge in [0.1, 0.15) is 12.4 Å². The quantitative estimate of drug-likeness (QED) is 0.720. The van der Waals surface area contributed by atoms with Crippen molar-refractivity contribution in [1.82, 2.24) is 10.5 Å². The molecule has 3 aromatic rings. The summed E-state index contributed by atoms with van der Waals surface area (Å²) in [7, 11) is 0. The predicted octanol–water partition coefficient (Wildman–Crippen LogP) is 4.29. The first-order valence-electron chi connectivity index (χ1n) is 8.61. The molecule has 5 heteroatoms. The second kappa shape index (κ2) is 7.87. The van der Waals surface area contributed by atoms with Gasteiger partial charge in [0, 0.05) is 12.6 Å². The van der Waals surface area contributed by atoms with E-state index < -0.39 is 0 Å². The van der Waals surface area contributed by atoms with Crippen LogP contribution in [0.5, 0.6) is 5.75 Å². The van der Waals surface area contributed by atoms with Gasteiger partial charge in [-0.05, 0) is 49.6 Å². The lowest BCUT2D eigenvalue weighted by atomic mass is 10.0. The molecule has 0 aliphatic rings. The minimum atomic E-state index is -0.252. The van der Waals surface area contributed by atoms with E-state index in [1.807, 2.05) is 63.2 Å². The van der Waals surface area contributed by atoms with Gasteiger partial charge < -0.3 is 14.6 Å². The maximum Gasteiger partial charge on any atom is 0.273 e. The smallest absolute Gasteiger partial charge is 0.273 e. The van der Waals surface area contributed by atoms with Gasteiger partial charge in [0.15, 0.2) is 11.5 Å². The van der Waals surface area contributed by atoms with Crippen LogP contribution in [0.25, 0.3) is 11.3 Å². The standard InChI is InChI=1S/C21H22N2O3/c1-4-22-21(24)18-12-20(26-23-18)17-10-14(2)15(3)11-19(17)25-13-16-8-6-5-7-9-16/h5-12H,4,13H2,1-3H3,(H,22,24). The van der Waals surface area contributed by atoms with Crippen LogP contribution in [0.15, 0.2) is 53.1 Å². The third-order valence-corrected chi connectivity index (χ3v) is 4.18. The fourth-order valence-corrected chi connectivity index (χ4v) is 2.60. The lowest BCUT2D eigenvalue weighted by molar-refractivity contribution is 0.0947. The van der Waals surface area contributed by atoms with Gasteiger partial charge in [0.25, 0.3) is 5.91 Å². The van der Waals surface area contributed by atoms with Crippen LogP contribution in [0, 0.1) is 13.8 Å². The summed E-state index contributed by atoms with van der Waals surface area (Å²) in [5, 5.41) is 6.60. The maximum absolute atomic E-state index is 11.9. The molecule has 1 aromatic heterocycles. The molecular weight excluding hydrogens is 328 g/mol. The monoisotopic (exact) mass is 350 g/mol. The summed E-state index contributed by atoms with van der Waals surface area (Å²) < 4.78 is 11.5. The van der Waals surface area contributed by atoms with E-state index in [1.165, 1.54) is 0 Å². The Labute approximate surface area is 153 Å². The molecule has 0 radical (unpaired) electrons. The molecule has 0 unspecified atom stereocenters. The fourth-order valence-electron chi connectivity index (χ4n) is 2.60. The first-order valence-corrected chi connectivity index (χ1v) is 8.61. The Balaban J connectivity index is 1.90. The summed E-state index contributed by atoms with van der Waals surface area (Å²) in [6.45, 7) is 6.91. The van der Waals surface area contributed by atoms with Crippen LogP contribution in [0.1, 0.15) is 34.1 Å². The lowest BCUT2D eigenvalue weighted by Gasteiger charge is -2.12. The third-order valence-electron chi connectivity index (χ3n) is 4.18. The first kappa shape index (κ1) is 17.7. The molecule has 0 saturated heterocycles. The molecule has 1 heterocycles. The van der Waals surface area contributed by atoms with Crippen molar-refractivity contribution >= 4 is 5.91 Å². The normalized spacial score (nSPS) is 10.6. The topological polar surface area (TPSA) is 64.4 Å². The zero-order valence-electron chi connectivity index (χ0n) is 15.2. The van der Waals surface area contributed by atoms with Crippen molar-refractivity contribution in [2.24, 2.45) is 0 Å². The van der Waals surface area contributed by atoms with Crippen LogP contribution < -0.4 is 10.1 Å². The van der Waals surface area contributed by atoms with E-state index >= 15 is 0 Å². The maximum atomic E-state index is 11.9. The lowest BCUT2D eigenvalue weighted by Crippen LogP contribution is -2.22. The Bertz CT molecular complexity index is 901. The summed E-state index contributed by atoms with van der Waals surface area (Å²) in [6.07, 6.45) is 0. The van der Waals surface area contributed by atoms with Crippen molar-refractivity contribution in [2.45, 2.75) is 27.4 Å². The van der Waals surface area contributed by atoms with Gasteiger partial charge >= 0.3 is 0 Å². The Kier molecular flexibility index (Phi) is 5.37. The zero-order chi connectivity index (χ0) is 18.5. The highest BCUT2D eigenvalue weighted by molar-refractivity contribution is 5.93. The van der Waals surface area contributed by atoms with Crippen LogP contribution in [0.4, 0.5) is 0 Å². The third kappa shape index (κ3) is 3.94. The van der Waals surface area contributed by atoms with E-state index in [4.69, 9.17) is 9.26 Å². The van der Waals surface area contributed by atoms with E-state index in [1.54, 1.807) is 6.07 Å². The highest BCUT2D eigenvalue weighted by atomic mass is 16.5. The molecule has 0 aliphatic heterocycles. The molecule has 0 aliphatic carbocycles. The Morgan fingerprint density at radius 2 is 1.85 bits per heavy atom. The van der Waals surface area contributed by atoms with Crippen LogP contribution in [-0.4, -0.2) is 17.6 Å². The van der Waals surface area contributed by atoms with Gasteiger partial charge in [0.2, 0.25) is 0 Å². The number of nitrogens with one attached hydrogen (secondary N) is 1. The van der Waals surface area contributed by atoms with Gasteiger partial charge in [-0.3, -0.25) is 4.79 Å². The number of hydrogen-bond acceptors (Lipinski definition) is 4. The Hall–Kier alpha value is -3.08. The van der Waals surface area contributed by atoms with Gasteiger partial charge in [-0.25, -0.2) is 0 Å². The SMILES string of the molecule is CCNC(=O)c1cc(-c2cc(C)c(C)cc2OCc2ccccc2)on1. The largest absolute Gasteiger partial charge is 0.488 e. The highest BCUT2D eigenvalue weighted by Crippen LogP contribution is 2.33. The van der Waals surface area contributed by atoms with Crippen molar-refractivity contribution in [3.8, 4) is 17.1 Å². The van der Waals surface area contributed by atoms with Crippen LogP contribution in [0.3, 0.4) is 0 Å². The molecule has 5 nitrogen and oxygen atoms in total. The molecule has 0 atom stereocenters. The van der Waals surface area contributed by atoms with Crippen molar-refractivity contribution in [1.29, 1.82) is 0 Å². The number of aryl methyl sites for hydroxylation is 2. The number of benzene rings is 2. The van der Waals surface area contributed by atoms with Crippen molar-refractivity contribution in [2.75, 3.05) is 6.54 Å². The minimum Gasteiger partial charge on any atom is -0.488 e. The van der Waals surface area contributed by atoms with Gasteiger partial charge in [-0.2, -0.15) is 0 Å². The Morgan fingerprint density at radius 3 is 2.58 bits per heavy atom. The van der Waals surface area contributed by atoms with E-state index in [2.05, 4.69) is 10.5 Å². The molecule has 1 amide bonds. The molecule has 1 N–H and O–H groups in total. The summed E-state index contributed by atoms with van der Waals surface area (Å²) in [4.78, 5) is 11.9. The van der Waals surface area contributed by atoms with Gasteiger partial charge in [-0.15, -0.1) is 0 Å². The van der Waals surface area contributed by atoms with E-state index in [0.29, 0.717) is 24.7 Å². The number of amides is 1. The molecule has 0 spiro atoms. The summed E-state index contributed by atoms with van der Waals surface area (Å²) in [6, 6.07) is 15.6. The van der Waals surface area contributed by atoms with Crippen LogP contribution in [-0.2, 0) is 6.61 Å². The van der Waals surface area contributed by atoms with Crippen LogP contribution in [0.2, 0.25) is 0 Å². The number of ether oxygens (including phenoxy) is 1. The summed E-state index contributed by atoms with van der Waals surface area (Å²) >= 11 is 0. The number of aromatic nitrogens is 1. The number of carbonyl (C=O) groups excluding carboxylic acids is 1. The zero-order valence-corrected chi connectivity index (χ0v) is 15.2. The second-order valence-corrected chi connectivity index (χ2v) is 6.14. The molecular formula is C21H22N2O3. The molecule has 0 saturated carbocycles. The average Bonchev–Trinajstić information content (AvgIpc) is 3.13. The molecule has 0 fully saturated rings. The fraction of sp³-hybridized carbons (Fsp3) is 0.238. The van der Waals surface area contributed by atoms with E-state index in [0.717, 1.165) is 22.3 Å². The van der Waals surface area contributed by atoms with Crippen LogP contribution >= 0.6 is 0 Å². The number of carbonyl (C=O) groups is 1. The Morgan fingerprint density at radius 1 is 1.12 bits per heavy atom. The number of rotatable bonds is 6. The van der Waals surface area contributed by atoms with Crippen molar-refractivity contribution in [3.05, 3.63) is 70.9 Å². The summed E-state index contributed by atoms with van der Waals surface area (Å²) in [5.41, 5.74) is 4.36. The molecule has 134 valence electrons. The molecule has 26 heavy (non-hydrogen) atoms. The molecule has 2 aromatic carbocycles. The van der Waals surface area contributed by atoms with Gasteiger partial charge in [0.05, 0.1) is 5.56 Å². The minimum absolute atomic E-state index is 0.252. The number of hydrogen-bond donors (Lipinski definition) is 1. The van der Waals surface area contributed by atoms with E-state index in [-0.39, 0.29) is 11.6 Å². The predicted molar refractivity (Wildman–Crippen MR) is 100 cm³/mol. The van der Waals surface area contributed by atoms with Crippen molar-refractivity contribution < 1.29 is 14.1 Å². The van der Waals surface area contributed by atoms with Gasteiger partial charge in [-0.1, -0.05) is 35.5 Å². The average molecular weight is 350 g/mol. The highest BCUT2D eigenvalue weighted by Gasteiger charge is 2.17. The van der Waals surface area contributed by atoms with E-state index in [9.17, 15) is 4.79 Å². The number of nitrogens with zero attached hydrogens (tertiary/aromatic N) is 1.